The molecule has 98 valence electrons. The second kappa shape index (κ2) is 6.59. The van der Waals surface area contributed by atoms with E-state index in [-0.39, 0.29) is 24.3 Å². The Balaban J connectivity index is 2.42. The van der Waals surface area contributed by atoms with E-state index in [1.165, 1.54) is 0 Å². The second-order valence-corrected chi connectivity index (χ2v) is 4.66. The van der Waals surface area contributed by atoms with Crippen molar-refractivity contribution in [1.82, 2.24) is 10.2 Å². The van der Waals surface area contributed by atoms with Crippen LogP contribution in [0, 0.1) is 0 Å². The molecule has 3 N–H and O–H groups in total. The molecular formula is C12H23N3O2. The van der Waals surface area contributed by atoms with Gasteiger partial charge in [0, 0.05) is 19.0 Å². The number of likely N-dealkylation sites (tertiary alicyclic amines) is 1. The number of rotatable bonds is 6. The van der Waals surface area contributed by atoms with Gasteiger partial charge in [0.25, 0.3) is 0 Å². The highest BCUT2D eigenvalue weighted by atomic mass is 16.2. The molecule has 17 heavy (non-hydrogen) atoms. The molecule has 0 aromatic rings. The lowest BCUT2D eigenvalue weighted by molar-refractivity contribution is -0.126. The Kier molecular flexibility index (Phi) is 5.41. The maximum atomic E-state index is 12.0. The molecule has 2 atom stereocenters. The van der Waals surface area contributed by atoms with Crippen molar-refractivity contribution in [3.8, 4) is 0 Å². The van der Waals surface area contributed by atoms with Gasteiger partial charge in [-0.25, -0.2) is 0 Å². The zero-order valence-electron chi connectivity index (χ0n) is 10.7. The molecule has 1 rings (SSSR count). The minimum atomic E-state index is -0.379. The third kappa shape index (κ3) is 4.00. The fraction of sp³-hybridized carbons (Fsp3) is 0.833. The van der Waals surface area contributed by atoms with E-state index >= 15 is 0 Å². The maximum Gasteiger partial charge on any atom is 0.237 e. The van der Waals surface area contributed by atoms with Crippen LogP contribution in [-0.2, 0) is 9.59 Å². The molecule has 1 aliphatic heterocycles. The summed E-state index contributed by atoms with van der Waals surface area (Å²) < 4.78 is 0. The van der Waals surface area contributed by atoms with E-state index in [1.54, 1.807) is 0 Å². The van der Waals surface area contributed by atoms with Gasteiger partial charge in [-0.15, -0.1) is 0 Å². The van der Waals surface area contributed by atoms with Gasteiger partial charge in [-0.3, -0.25) is 14.5 Å². The minimum absolute atomic E-state index is 0.0298. The van der Waals surface area contributed by atoms with Gasteiger partial charge in [0.15, 0.2) is 0 Å². The van der Waals surface area contributed by atoms with Crippen LogP contribution >= 0.6 is 0 Å². The predicted octanol–water partition coefficient (Wildman–Crippen LogP) is 0.241. The van der Waals surface area contributed by atoms with E-state index in [9.17, 15) is 9.59 Å². The lowest BCUT2D eigenvalue weighted by Crippen LogP contribution is -2.47. The Morgan fingerprint density at radius 3 is 2.82 bits per heavy atom. The molecule has 1 unspecified atom stereocenters. The molecule has 0 radical (unpaired) electrons. The number of nitrogens with zero attached hydrogens (tertiary/aromatic N) is 1. The van der Waals surface area contributed by atoms with Crippen LogP contribution in [0.3, 0.4) is 0 Å². The zero-order chi connectivity index (χ0) is 12.8. The number of hydrogen-bond acceptors (Lipinski definition) is 3. The Morgan fingerprint density at radius 2 is 2.24 bits per heavy atom. The fourth-order valence-electron chi connectivity index (χ4n) is 2.26. The Morgan fingerprint density at radius 1 is 1.53 bits per heavy atom. The molecule has 1 saturated heterocycles. The first kappa shape index (κ1) is 14.0. The smallest absolute Gasteiger partial charge is 0.237 e. The summed E-state index contributed by atoms with van der Waals surface area (Å²) in [4.78, 5) is 24.8. The normalized spacial score (nSPS) is 22.4. The van der Waals surface area contributed by atoms with Crippen LogP contribution < -0.4 is 11.1 Å². The van der Waals surface area contributed by atoms with Crippen molar-refractivity contribution in [3.05, 3.63) is 0 Å². The Labute approximate surface area is 103 Å². The Bertz CT molecular complexity index is 281. The molecule has 5 nitrogen and oxygen atoms in total. The fourth-order valence-corrected chi connectivity index (χ4v) is 2.26. The first-order chi connectivity index (χ1) is 8.06. The van der Waals surface area contributed by atoms with Crippen molar-refractivity contribution in [2.45, 2.75) is 51.6 Å². The van der Waals surface area contributed by atoms with E-state index in [4.69, 9.17) is 5.73 Å². The standard InChI is InChI=1S/C12H23N3O2/c1-3-9(2)15-8-4-5-10(15)12(17)14-7-6-11(13)16/h9-10H,3-8H2,1-2H3,(H2,13,16)(H,14,17)/t9?,10-/m0/s1. The van der Waals surface area contributed by atoms with Crippen LogP contribution in [0.25, 0.3) is 0 Å². The summed E-state index contributed by atoms with van der Waals surface area (Å²) in [7, 11) is 0. The van der Waals surface area contributed by atoms with Gasteiger partial charge in [0.2, 0.25) is 11.8 Å². The first-order valence-electron chi connectivity index (χ1n) is 6.38. The molecule has 1 heterocycles. The lowest BCUT2D eigenvalue weighted by atomic mass is 10.1. The topological polar surface area (TPSA) is 75.4 Å². The summed E-state index contributed by atoms with van der Waals surface area (Å²) in [6.07, 6.45) is 3.23. The molecule has 0 bridgehead atoms. The highest BCUT2D eigenvalue weighted by molar-refractivity contribution is 5.82. The number of primary amides is 1. The largest absolute Gasteiger partial charge is 0.370 e. The third-order valence-corrected chi connectivity index (χ3v) is 3.42. The maximum absolute atomic E-state index is 12.0. The van der Waals surface area contributed by atoms with E-state index in [0.717, 1.165) is 25.8 Å². The van der Waals surface area contributed by atoms with Gasteiger partial charge in [0.05, 0.1) is 6.04 Å². The minimum Gasteiger partial charge on any atom is -0.370 e. The summed E-state index contributed by atoms with van der Waals surface area (Å²) in [6.45, 7) is 5.61. The van der Waals surface area contributed by atoms with E-state index in [2.05, 4.69) is 24.1 Å². The van der Waals surface area contributed by atoms with Crippen LogP contribution in [0.15, 0.2) is 0 Å². The first-order valence-corrected chi connectivity index (χ1v) is 6.38. The van der Waals surface area contributed by atoms with Gasteiger partial charge in [-0.05, 0) is 32.7 Å². The van der Waals surface area contributed by atoms with Gasteiger partial charge in [-0.1, -0.05) is 6.92 Å². The monoisotopic (exact) mass is 241 g/mol. The average molecular weight is 241 g/mol. The highest BCUT2D eigenvalue weighted by Crippen LogP contribution is 2.21. The highest BCUT2D eigenvalue weighted by Gasteiger charge is 2.32. The molecule has 1 aliphatic rings. The average Bonchev–Trinajstić information content (AvgIpc) is 2.76. The molecule has 0 aliphatic carbocycles. The zero-order valence-corrected chi connectivity index (χ0v) is 10.7. The molecule has 2 amide bonds. The number of nitrogens with two attached hydrogens (primary N) is 1. The van der Waals surface area contributed by atoms with Crippen LogP contribution in [0.5, 0.6) is 0 Å². The van der Waals surface area contributed by atoms with Crippen molar-refractivity contribution in [3.63, 3.8) is 0 Å². The number of carbonyl (C=O) groups excluding carboxylic acids is 2. The van der Waals surface area contributed by atoms with Gasteiger partial charge >= 0.3 is 0 Å². The van der Waals surface area contributed by atoms with Crippen molar-refractivity contribution >= 4 is 11.8 Å². The van der Waals surface area contributed by atoms with Gasteiger partial charge in [0.1, 0.15) is 0 Å². The number of hydrogen-bond donors (Lipinski definition) is 2. The number of nitrogens with one attached hydrogen (secondary N) is 1. The molecule has 0 spiro atoms. The van der Waals surface area contributed by atoms with E-state index in [1.807, 2.05) is 0 Å². The lowest BCUT2D eigenvalue weighted by Gasteiger charge is -2.29. The van der Waals surface area contributed by atoms with Crippen molar-refractivity contribution in [2.24, 2.45) is 5.73 Å². The Hall–Kier alpha value is -1.10. The summed E-state index contributed by atoms with van der Waals surface area (Å²) >= 11 is 0. The van der Waals surface area contributed by atoms with Gasteiger partial charge < -0.3 is 11.1 Å². The van der Waals surface area contributed by atoms with Crippen LogP contribution in [0.4, 0.5) is 0 Å². The summed E-state index contributed by atoms with van der Waals surface area (Å²) in [6, 6.07) is 0.405. The van der Waals surface area contributed by atoms with Crippen molar-refractivity contribution < 1.29 is 9.59 Å². The molecule has 0 saturated carbocycles. The number of carbonyl (C=O) groups is 2. The van der Waals surface area contributed by atoms with Crippen LogP contribution in [0.2, 0.25) is 0 Å². The van der Waals surface area contributed by atoms with Crippen molar-refractivity contribution in [2.75, 3.05) is 13.1 Å². The quantitative estimate of drug-likeness (QED) is 0.699. The molecule has 1 fully saturated rings. The van der Waals surface area contributed by atoms with Crippen molar-refractivity contribution in [1.29, 1.82) is 0 Å². The summed E-state index contributed by atoms with van der Waals surface area (Å²) in [5.74, 6) is -0.348. The molecular weight excluding hydrogens is 218 g/mol. The number of amides is 2. The molecule has 5 heteroatoms. The summed E-state index contributed by atoms with van der Waals surface area (Å²) in [5, 5.41) is 2.78. The molecule has 0 aromatic heterocycles. The van der Waals surface area contributed by atoms with E-state index < -0.39 is 0 Å². The van der Waals surface area contributed by atoms with E-state index in [0.29, 0.717) is 12.6 Å². The SMILES string of the molecule is CCC(C)N1CCC[C@H]1C(=O)NCCC(N)=O. The second-order valence-electron chi connectivity index (χ2n) is 4.66. The van der Waals surface area contributed by atoms with Crippen LogP contribution in [0.1, 0.15) is 39.5 Å². The van der Waals surface area contributed by atoms with Crippen LogP contribution in [-0.4, -0.2) is 41.9 Å². The summed E-state index contributed by atoms with van der Waals surface area (Å²) in [5.41, 5.74) is 5.03. The van der Waals surface area contributed by atoms with Gasteiger partial charge in [-0.2, -0.15) is 0 Å². The predicted molar refractivity (Wildman–Crippen MR) is 66.3 cm³/mol. The molecule has 0 aromatic carbocycles. The third-order valence-electron chi connectivity index (χ3n) is 3.42.